The van der Waals surface area contributed by atoms with E-state index in [0.29, 0.717) is 0 Å². The zero-order valence-corrected chi connectivity index (χ0v) is 12.1. The van der Waals surface area contributed by atoms with Gasteiger partial charge in [0.05, 0.1) is 12.7 Å². The zero-order chi connectivity index (χ0) is 14.4. The monoisotopic (exact) mass is 288 g/mol. The molecule has 112 valence electrons. The number of rotatable bonds is 1. The van der Waals surface area contributed by atoms with Crippen LogP contribution in [-0.2, 0) is 4.74 Å². The Labute approximate surface area is 123 Å². The number of nitrogens with zero attached hydrogens (tertiary/aromatic N) is 5. The van der Waals surface area contributed by atoms with E-state index in [0.717, 1.165) is 44.1 Å². The summed E-state index contributed by atoms with van der Waals surface area (Å²) in [5, 5.41) is 4.26. The van der Waals surface area contributed by atoms with Crippen LogP contribution in [0.15, 0.2) is 18.6 Å². The van der Waals surface area contributed by atoms with Gasteiger partial charge in [0.2, 0.25) is 5.95 Å². The lowest BCUT2D eigenvalue weighted by molar-refractivity contribution is 0.0973. The predicted octanol–water partition coefficient (Wildman–Crippen LogP) is 0.457. The average molecular weight is 288 g/mol. The number of anilines is 1. The molecule has 2 aromatic heterocycles. The Bertz CT molecular complexity index is 648. The number of hydrogen-bond donors (Lipinski definition) is 1. The van der Waals surface area contributed by atoms with Crippen LogP contribution in [0, 0.1) is 5.41 Å². The Morgan fingerprint density at radius 2 is 2.14 bits per heavy atom. The fourth-order valence-electron chi connectivity index (χ4n) is 3.58. The fourth-order valence-corrected chi connectivity index (χ4v) is 3.58. The Morgan fingerprint density at radius 1 is 1.33 bits per heavy atom. The van der Waals surface area contributed by atoms with Crippen LogP contribution in [0.4, 0.5) is 5.95 Å². The molecule has 2 N–H and O–H groups in total. The molecule has 4 rings (SSSR count). The maximum Gasteiger partial charge on any atom is 0.228 e. The molecule has 4 heterocycles. The quantitative estimate of drug-likeness (QED) is 0.821. The van der Waals surface area contributed by atoms with Crippen molar-refractivity contribution in [2.45, 2.75) is 31.9 Å². The Morgan fingerprint density at radius 3 is 2.86 bits per heavy atom. The molecule has 0 aromatic carbocycles. The largest absolute Gasteiger partial charge is 0.376 e. The summed E-state index contributed by atoms with van der Waals surface area (Å²) < 4.78 is 7.57. The number of ether oxygens (including phenoxy) is 1. The maximum atomic E-state index is 6.36. The van der Waals surface area contributed by atoms with E-state index in [1.165, 1.54) is 0 Å². The van der Waals surface area contributed by atoms with Gasteiger partial charge in [0.15, 0.2) is 5.65 Å². The third-order valence-electron chi connectivity index (χ3n) is 5.07. The highest BCUT2D eigenvalue weighted by Crippen LogP contribution is 2.41. The maximum absolute atomic E-state index is 6.36. The van der Waals surface area contributed by atoms with Gasteiger partial charge >= 0.3 is 0 Å². The van der Waals surface area contributed by atoms with Crippen molar-refractivity contribution in [2.75, 3.05) is 24.6 Å². The van der Waals surface area contributed by atoms with Crippen molar-refractivity contribution in [3.05, 3.63) is 18.6 Å². The minimum Gasteiger partial charge on any atom is -0.376 e. The summed E-state index contributed by atoms with van der Waals surface area (Å²) in [7, 11) is 0. The van der Waals surface area contributed by atoms with Gasteiger partial charge in [-0.1, -0.05) is 0 Å². The molecule has 2 aliphatic heterocycles. The van der Waals surface area contributed by atoms with Crippen LogP contribution >= 0.6 is 0 Å². The van der Waals surface area contributed by atoms with Gasteiger partial charge in [-0.3, -0.25) is 0 Å². The molecule has 21 heavy (non-hydrogen) atoms. The second kappa shape index (κ2) is 4.64. The van der Waals surface area contributed by atoms with Crippen molar-refractivity contribution < 1.29 is 4.74 Å². The van der Waals surface area contributed by atoms with Gasteiger partial charge in [-0.05, 0) is 19.8 Å². The first kappa shape index (κ1) is 13.0. The van der Waals surface area contributed by atoms with E-state index in [2.05, 4.69) is 26.9 Å². The smallest absolute Gasteiger partial charge is 0.228 e. The second-order valence-corrected chi connectivity index (χ2v) is 6.17. The molecule has 2 atom stereocenters. The van der Waals surface area contributed by atoms with Crippen LogP contribution in [0.2, 0.25) is 0 Å². The molecule has 0 saturated carbocycles. The van der Waals surface area contributed by atoms with Crippen molar-refractivity contribution in [1.82, 2.24) is 19.6 Å². The minimum atomic E-state index is 0.131. The topological polar surface area (TPSA) is 81.6 Å². The summed E-state index contributed by atoms with van der Waals surface area (Å²) >= 11 is 0. The van der Waals surface area contributed by atoms with Gasteiger partial charge < -0.3 is 15.4 Å². The summed E-state index contributed by atoms with van der Waals surface area (Å²) in [5.41, 5.74) is 7.32. The van der Waals surface area contributed by atoms with Crippen molar-refractivity contribution in [3.63, 3.8) is 0 Å². The van der Waals surface area contributed by atoms with Crippen LogP contribution in [-0.4, -0.2) is 51.4 Å². The van der Waals surface area contributed by atoms with Crippen LogP contribution < -0.4 is 10.6 Å². The zero-order valence-electron chi connectivity index (χ0n) is 12.1. The fraction of sp³-hybridized carbons (Fsp3) is 0.643. The van der Waals surface area contributed by atoms with E-state index in [1.807, 2.05) is 6.07 Å². The van der Waals surface area contributed by atoms with Crippen molar-refractivity contribution in [1.29, 1.82) is 0 Å². The number of hydrogen-bond acceptors (Lipinski definition) is 6. The van der Waals surface area contributed by atoms with E-state index in [9.17, 15) is 0 Å². The molecule has 0 aliphatic carbocycles. The molecule has 2 aromatic rings. The van der Waals surface area contributed by atoms with Crippen molar-refractivity contribution >= 4 is 11.6 Å². The normalized spacial score (nSPS) is 28.6. The molecule has 0 unspecified atom stereocenters. The third kappa shape index (κ3) is 1.91. The molecule has 1 spiro atoms. The first-order valence-electron chi connectivity index (χ1n) is 7.46. The molecular formula is C14H20N6O. The van der Waals surface area contributed by atoms with E-state index in [-0.39, 0.29) is 17.6 Å². The van der Waals surface area contributed by atoms with Gasteiger partial charge in [-0.2, -0.15) is 9.61 Å². The average Bonchev–Trinajstić information content (AvgIpc) is 3.09. The van der Waals surface area contributed by atoms with Crippen LogP contribution in [0.3, 0.4) is 0 Å². The van der Waals surface area contributed by atoms with Gasteiger partial charge in [-0.25, -0.2) is 9.97 Å². The van der Waals surface area contributed by atoms with Crippen LogP contribution in [0.5, 0.6) is 0 Å². The molecule has 2 aliphatic rings. The number of fused-ring (bicyclic) bond motifs is 1. The molecule has 2 saturated heterocycles. The number of aromatic nitrogens is 4. The Hall–Kier alpha value is -1.73. The molecular weight excluding hydrogens is 268 g/mol. The van der Waals surface area contributed by atoms with Crippen molar-refractivity contribution in [2.24, 2.45) is 11.1 Å². The van der Waals surface area contributed by atoms with Gasteiger partial charge in [0.1, 0.15) is 6.33 Å². The molecule has 2 fully saturated rings. The predicted molar refractivity (Wildman–Crippen MR) is 78.1 cm³/mol. The lowest BCUT2D eigenvalue weighted by atomic mass is 9.73. The summed E-state index contributed by atoms with van der Waals surface area (Å²) in [6.45, 7) is 4.71. The van der Waals surface area contributed by atoms with Crippen LogP contribution in [0.1, 0.15) is 19.8 Å². The molecule has 7 nitrogen and oxygen atoms in total. The second-order valence-electron chi connectivity index (χ2n) is 6.17. The first-order valence-corrected chi connectivity index (χ1v) is 7.46. The lowest BCUT2D eigenvalue weighted by Crippen LogP contribution is -2.51. The van der Waals surface area contributed by atoms with Gasteiger partial charge in [0, 0.05) is 36.8 Å². The van der Waals surface area contributed by atoms with E-state index in [1.54, 1.807) is 17.0 Å². The van der Waals surface area contributed by atoms with Gasteiger partial charge in [-0.15, -0.1) is 0 Å². The molecule has 0 bridgehead atoms. The SMILES string of the molecule is C[C@@H]1OCC2(CCN(c3nccc4ncnn34)CC2)[C@@H]1N. The van der Waals surface area contributed by atoms with E-state index >= 15 is 0 Å². The Balaban J connectivity index is 1.57. The van der Waals surface area contributed by atoms with Crippen LogP contribution in [0.25, 0.3) is 5.65 Å². The molecule has 7 heteroatoms. The molecule has 0 radical (unpaired) electrons. The standard InChI is InChI=1S/C14H20N6O/c1-10-12(15)14(8-21-10)3-6-19(7-4-14)13-16-5-2-11-17-9-18-20(11)13/h2,5,9-10,12H,3-4,6-8,15H2,1H3/t10-,12+/m0/s1. The summed E-state index contributed by atoms with van der Waals surface area (Å²) in [6.07, 6.45) is 5.58. The highest BCUT2D eigenvalue weighted by Gasteiger charge is 2.47. The lowest BCUT2D eigenvalue weighted by Gasteiger charge is -2.41. The highest BCUT2D eigenvalue weighted by molar-refractivity contribution is 5.44. The van der Waals surface area contributed by atoms with E-state index < -0.39 is 0 Å². The van der Waals surface area contributed by atoms with Gasteiger partial charge in [0.25, 0.3) is 0 Å². The molecule has 0 amide bonds. The van der Waals surface area contributed by atoms with E-state index in [4.69, 9.17) is 10.5 Å². The third-order valence-corrected chi connectivity index (χ3v) is 5.07. The van der Waals surface area contributed by atoms with Crippen molar-refractivity contribution in [3.8, 4) is 0 Å². The summed E-state index contributed by atoms with van der Waals surface area (Å²) in [4.78, 5) is 11.0. The number of piperidine rings is 1. The summed E-state index contributed by atoms with van der Waals surface area (Å²) in [6, 6.07) is 2.00. The summed E-state index contributed by atoms with van der Waals surface area (Å²) in [5.74, 6) is 0.861. The minimum absolute atomic E-state index is 0.131. The number of nitrogens with two attached hydrogens (primary N) is 1. The first-order chi connectivity index (χ1) is 10.2. The Kier molecular flexibility index (Phi) is 2.87. The highest BCUT2D eigenvalue weighted by atomic mass is 16.5.